The molecule has 2 rings (SSSR count). The molecule has 23 heavy (non-hydrogen) atoms. The Kier molecular flexibility index (Phi) is 5.71. The van der Waals surface area contributed by atoms with Crippen molar-refractivity contribution >= 4 is 11.6 Å². The van der Waals surface area contributed by atoms with Crippen LogP contribution < -0.4 is 5.32 Å². The molecule has 0 aliphatic heterocycles. The second kappa shape index (κ2) is 7.55. The smallest absolute Gasteiger partial charge is 0.274 e. The number of hydrogen-bond donors (Lipinski definition) is 1. The molecule has 0 heterocycles. The van der Waals surface area contributed by atoms with E-state index in [2.05, 4.69) is 5.32 Å². The van der Waals surface area contributed by atoms with Gasteiger partial charge < -0.3 is 10.2 Å². The molecule has 1 aromatic carbocycles. The van der Waals surface area contributed by atoms with Crippen LogP contribution in [0.5, 0.6) is 0 Å². The molecule has 1 amide bonds. The highest BCUT2D eigenvalue weighted by molar-refractivity contribution is 5.73. The topological polar surface area (TPSA) is 75.5 Å². The number of carbonyl (C=O) groups is 1. The predicted molar refractivity (Wildman–Crippen MR) is 89.1 cm³/mol. The van der Waals surface area contributed by atoms with E-state index in [-0.39, 0.29) is 34.5 Å². The monoisotopic (exact) mass is 319 g/mol. The molecule has 3 atom stereocenters. The molecule has 0 bridgehead atoms. The molecular formula is C17H25N3O3. The van der Waals surface area contributed by atoms with E-state index in [4.69, 9.17) is 0 Å². The van der Waals surface area contributed by atoms with Gasteiger partial charge >= 0.3 is 0 Å². The van der Waals surface area contributed by atoms with Crippen LogP contribution in [0.4, 0.5) is 5.69 Å². The third-order valence-electron chi connectivity index (χ3n) is 4.62. The largest absolute Gasteiger partial charge is 0.353 e. The van der Waals surface area contributed by atoms with Crippen LogP contribution >= 0.6 is 0 Å². The van der Waals surface area contributed by atoms with Crippen molar-refractivity contribution in [1.29, 1.82) is 0 Å². The average molecular weight is 319 g/mol. The Morgan fingerprint density at radius 1 is 1.30 bits per heavy atom. The zero-order valence-corrected chi connectivity index (χ0v) is 14.0. The number of amides is 1. The van der Waals surface area contributed by atoms with Crippen molar-refractivity contribution in [3.8, 4) is 0 Å². The van der Waals surface area contributed by atoms with E-state index in [9.17, 15) is 14.9 Å². The number of carbonyl (C=O) groups excluding carboxylic acids is 1. The van der Waals surface area contributed by atoms with Crippen LogP contribution in [-0.2, 0) is 4.79 Å². The van der Waals surface area contributed by atoms with Crippen LogP contribution in [0, 0.1) is 16.0 Å². The standard InChI is InChI=1S/C17H25N3O3/c1-12(21)18-15-10-6-4-8-13(15)17(19(2)3)14-9-5-7-11-16(14)20(22)23/h5,7,9,11,13,15,17H,4,6,8,10H2,1-3H3,(H,18,21). The molecule has 1 aromatic rings. The van der Waals surface area contributed by atoms with Crippen LogP contribution in [0.25, 0.3) is 0 Å². The SMILES string of the molecule is CC(=O)NC1CCCCC1C(c1ccccc1[N+](=O)[O-])N(C)C. The molecule has 1 aliphatic rings. The van der Waals surface area contributed by atoms with E-state index in [0.717, 1.165) is 31.2 Å². The van der Waals surface area contributed by atoms with Gasteiger partial charge in [-0.05, 0) is 32.9 Å². The number of rotatable bonds is 5. The number of nitrogens with one attached hydrogen (secondary N) is 1. The number of nitro groups is 1. The Morgan fingerprint density at radius 2 is 1.96 bits per heavy atom. The van der Waals surface area contributed by atoms with E-state index >= 15 is 0 Å². The first-order valence-corrected chi connectivity index (χ1v) is 8.08. The maximum Gasteiger partial charge on any atom is 0.274 e. The summed E-state index contributed by atoms with van der Waals surface area (Å²) in [6, 6.07) is 6.90. The Morgan fingerprint density at radius 3 is 2.57 bits per heavy atom. The summed E-state index contributed by atoms with van der Waals surface area (Å²) in [6.45, 7) is 1.53. The van der Waals surface area contributed by atoms with Gasteiger partial charge in [-0.2, -0.15) is 0 Å². The van der Waals surface area contributed by atoms with Crippen molar-refractivity contribution in [2.75, 3.05) is 14.1 Å². The third kappa shape index (κ3) is 4.07. The molecule has 3 unspecified atom stereocenters. The van der Waals surface area contributed by atoms with E-state index in [0.29, 0.717) is 0 Å². The van der Waals surface area contributed by atoms with Crippen molar-refractivity contribution in [3.05, 3.63) is 39.9 Å². The first-order valence-electron chi connectivity index (χ1n) is 8.08. The Hall–Kier alpha value is -1.95. The van der Waals surface area contributed by atoms with Crippen molar-refractivity contribution in [2.24, 2.45) is 5.92 Å². The maximum atomic E-state index is 11.5. The lowest BCUT2D eigenvalue weighted by Gasteiger charge is -2.40. The van der Waals surface area contributed by atoms with Crippen molar-refractivity contribution in [3.63, 3.8) is 0 Å². The van der Waals surface area contributed by atoms with Gasteiger partial charge in [-0.3, -0.25) is 14.9 Å². The third-order valence-corrected chi connectivity index (χ3v) is 4.62. The summed E-state index contributed by atoms with van der Waals surface area (Å²) in [5.74, 6) is 0.130. The van der Waals surface area contributed by atoms with Crippen molar-refractivity contribution in [2.45, 2.75) is 44.7 Å². The molecule has 1 N–H and O–H groups in total. The van der Waals surface area contributed by atoms with Gasteiger partial charge in [0, 0.05) is 30.6 Å². The zero-order chi connectivity index (χ0) is 17.0. The highest BCUT2D eigenvalue weighted by atomic mass is 16.6. The summed E-state index contributed by atoms with van der Waals surface area (Å²) in [7, 11) is 3.89. The summed E-state index contributed by atoms with van der Waals surface area (Å²) in [5, 5.41) is 14.5. The number of hydrogen-bond acceptors (Lipinski definition) is 4. The Balaban J connectivity index is 2.41. The first-order chi connectivity index (χ1) is 10.9. The molecule has 1 aliphatic carbocycles. The van der Waals surface area contributed by atoms with Gasteiger partial charge in [-0.1, -0.05) is 31.0 Å². The lowest BCUT2D eigenvalue weighted by molar-refractivity contribution is -0.386. The van der Waals surface area contributed by atoms with E-state index < -0.39 is 0 Å². The van der Waals surface area contributed by atoms with Crippen molar-refractivity contribution in [1.82, 2.24) is 10.2 Å². The fraction of sp³-hybridized carbons (Fsp3) is 0.588. The lowest BCUT2D eigenvalue weighted by atomic mass is 9.76. The highest BCUT2D eigenvalue weighted by Crippen LogP contribution is 2.40. The second-order valence-electron chi connectivity index (χ2n) is 6.48. The van der Waals surface area contributed by atoms with E-state index in [1.807, 2.05) is 31.1 Å². The van der Waals surface area contributed by atoms with Crippen LogP contribution in [0.2, 0.25) is 0 Å². The summed E-state index contributed by atoms with van der Waals surface area (Å²) < 4.78 is 0. The quantitative estimate of drug-likeness (QED) is 0.669. The lowest BCUT2D eigenvalue weighted by Crippen LogP contribution is -2.46. The molecule has 126 valence electrons. The zero-order valence-electron chi connectivity index (χ0n) is 14.0. The summed E-state index contributed by atoms with van der Waals surface area (Å²) in [6.07, 6.45) is 4.05. The molecular weight excluding hydrogens is 294 g/mol. The van der Waals surface area contributed by atoms with Crippen LogP contribution in [0.1, 0.15) is 44.2 Å². The molecule has 6 nitrogen and oxygen atoms in total. The van der Waals surface area contributed by atoms with E-state index in [1.54, 1.807) is 12.1 Å². The minimum absolute atomic E-state index is 0.0398. The molecule has 1 saturated carbocycles. The van der Waals surface area contributed by atoms with E-state index in [1.165, 1.54) is 6.92 Å². The summed E-state index contributed by atoms with van der Waals surface area (Å²) in [5.41, 5.74) is 0.878. The summed E-state index contributed by atoms with van der Waals surface area (Å²) in [4.78, 5) is 24.7. The normalized spacial score (nSPS) is 22.6. The number of nitrogens with zero attached hydrogens (tertiary/aromatic N) is 2. The molecule has 0 saturated heterocycles. The molecule has 0 spiro atoms. The second-order valence-corrected chi connectivity index (χ2v) is 6.48. The number of para-hydroxylation sites is 1. The molecule has 6 heteroatoms. The van der Waals surface area contributed by atoms with Crippen molar-refractivity contribution < 1.29 is 9.72 Å². The molecule has 0 aromatic heterocycles. The van der Waals surface area contributed by atoms with Crippen LogP contribution in [0.15, 0.2) is 24.3 Å². The fourth-order valence-corrected chi connectivity index (χ4v) is 3.77. The van der Waals surface area contributed by atoms with Gasteiger partial charge in [0.05, 0.1) is 4.92 Å². The molecule has 0 radical (unpaired) electrons. The predicted octanol–water partition coefficient (Wildman–Crippen LogP) is 2.89. The van der Waals surface area contributed by atoms with Crippen LogP contribution in [0.3, 0.4) is 0 Å². The number of nitro benzene ring substituents is 1. The van der Waals surface area contributed by atoms with Gasteiger partial charge in [0.25, 0.3) is 5.69 Å². The van der Waals surface area contributed by atoms with Crippen LogP contribution in [-0.4, -0.2) is 35.9 Å². The number of benzene rings is 1. The molecule has 1 fully saturated rings. The Labute approximate surface area is 137 Å². The van der Waals surface area contributed by atoms with Gasteiger partial charge in [0.2, 0.25) is 5.91 Å². The maximum absolute atomic E-state index is 11.5. The fourth-order valence-electron chi connectivity index (χ4n) is 3.77. The summed E-state index contributed by atoms with van der Waals surface area (Å²) >= 11 is 0. The highest BCUT2D eigenvalue weighted by Gasteiger charge is 2.37. The van der Waals surface area contributed by atoms with Gasteiger partial charge in [0.1, 0.15) is 0 Å². The minimum Gasteiger partial charge on any atom is -0.353 e. The minimum atomic E-state index is -0.317. The van der Waals surface area contributed by atoms with Gasteiger partial charge in [-0.15, -0.1) is 0 Å². The van der Waals surface area contributed by atoms with Gasteiger partial charge in [0.15, 0.2) is 0 Å². The van der Waals surface area contributed by atoms with Gasteiger partial charge in [-0.25, -0.2) is 0 Å². The Bertz CT molecular complexity index is 574. The average Bonchev–Trinajstić information content (AvgIpc) is 2.48. The first kappa shape index (κ1) is 17.4.